The maximum absolute atomic E-state index is 12.8. The molecule has 0 spiro atoms. The van der Waals surface area contributed by atoms with Gasteiger partial charge in [-0.1, -0.05) is 18.9 Å². The van der Waals surface area contributed by atoms with Crippen LogP contribution < -0.4 is 5.32 Å². The summed E-state index contributed by atoms with van der Waals surface area (Å²) in [7, 11) is 1.60. The van der Waals surface area contributed by atoms with Crippen LogP contribution >= 0.6 is 0 Å². The molecule has 0 radical (unpaired) electrons. The first-order chi connectivity index (χ1) is 12.7. The lowest BCUT2D eigenvalue weighted by Gasteiger charge is -2.18. The highest BCUT2D eigenvalue weighted by atomic mass is 16.5. The third-order valence-electron chi connectivity index (χ3n) is 5.64. The molecule has 142 valence electrons. The minimum atomic E-state index is -0.133. The second-order valence-electron chi connectivity index (χ2n) is 7.46. The first kappa shape index (κ1) is 18.8. The minimum Gasteiger partial charge on any atom is -0.371 e. The zero-order valence-electron chi connectivity index (χ0n) is 15.5. The van der Waals surface area contributed by atoms with Crippen molar-refractivity contribution >= 4 is 11.8 Å². The topological polar surface area (TPSA) is 71.5 Å². The standard InChI is InChI=1S/C20H29N3O3/c1-21-19(24)14-26-13-16-11-23(20(25)10-15-6-2-3-7-15)12-17(16)18-8-4-5-9-22-18/h4-5,8-9,15-17H,2-3,6-7,10-14H2,1H3,(H,21,24)/t16-,17+/m0/s1. The summed E-state index contributed by atoms with van der Waals surface area (Å²) in [4.78, 5) is 30.6. The van der Waals surface area contributed by atoms with Crippen LogP contribution in [0.15, 0.2) is 24.4 Å². The Bertz CT molecular complexity index is 602. The molecule has 6 heteroatoms. The van der Waals surface area contributed by atoms with E-state index >= 15 is 0 Å². The fourth-order valence-corrected chi connectivity index (χ4v) is 4.14. The number of amides is 2. The van der Waals surface area contributed by atoms with Crippen molar-refractivity contribution in [3.63, 3.8) is 0 Å². The average molecular weight is 359 g/mol. The van der Waals surface area contributed by atoms with Crippen LogP contribution in [0.5, 0.6) is 0 Å². The summed E-state index contributed by atoms with van der Waals surface area (Å²) in [5.74, 6) is 1.01. The number of rotatable bonds is 7. The Morgan fingerprint density at radius 1 is 1.27 bits per heavy atom. The molecule has 2 aliphatic rings. The van der Waals surface area contributed by atoms with Crippen molar-refractivity contribution in [3.8, 4) is 0 Å². The molecular formula is C20H29N3O3. The van der Waals surface area contributed by atoms with E-state index in [2.05, 4.69) is 10.3 Å². The van der Waals surface area contributed by atoms with Crippen LogP contribution in [0.2, 0.25) is 0 Å². The molecule has 2 heterocycles. The predicted molar refractivity (Wildman–Crippen MR) is 98.5 cm³/mol. The van der Waals surface area contributed by atoms with Gasteiger partial charge in [0.25, 0.3) is 0 Å². The van der Waals surface area contributed by atoms with Crippen molar-refractivity contribution in [3.05, 3.63) is 30.1 Å². The van der Waals surface area contributed by atoms with E-state index in [0.717, 1.165) is 5.69 Å². The van der Waals surface area contributed by atoms with E-state index in [1.54, 1.807) is 13.2 Å². The molecular weight excluding hydrogens is 330 g/mol. The molecule has 2 atom stereocenters. The first-order valence-corrected chi connectivity index (χ1v) is 9.64. The lowest BCUT2D eigenvalue weighted by Crippen LogP contribution is -2.31. The van der Waals surface area contributed by atoms with E-state index in [0.29, 0.717) is 32.0 Å². The van der Waals surface area contributed by atoms with Crippen molar-refractivity contribution in [2.24, 2.45) is 11.8 Å². The van der Waals surface area contributed by atoms with Gasteiger partial charge in [0.2, 0.25) is 11.8 Å². The van der Waals surface area contributed by atoms with Gasteiger partial charge >= 0.3 is 0 Å². The minimum absolute atomic E-state index is 0.0535. The van der Waals surface area contributed by atoms with Gasteiger partial charge in [-0.2, -0.15) is 0 Å². The molecule has 0 bridgehead atoms. The number of nitrogens with zero attached hydrogens (tertiary/aromatic N) is 2. The van der Waals surface area contributed by atoms with Crippen LogP contribution in [-0.4, -0.2) is 55.0 Å². The van der Waals surface area contributed by atoms with Crippen molar-refractivity contribution in [2.45, 2.75) is 38.0 Å². The number of likely N-dealkylation sites (tertiary alicyclic amines) is 1. The molecule has 1 aliphatic heterocycles. The number of aromatic nitrogens is 1. The molecule has 2 amide bonds. The number of likely N-dealkylation sites (N-methyl/N-ethyl adjacent to an activating group) is 1. The monoisotopic (exact) mass is 359 g/mol. The summed E-state index contributed by atoms with van der Waals surface area (Å²) in [5, 5.41) is 2.56. The molecule has 0 unspecified atom stereocenters. The normalized spacial score (nSPS) is 23.3. The Labute approximate surface area is 155 Å². The molecule has 1 saturated carbocycles. The zero-order valence-corrected chi connectivity index (χ0v) is 15.5. The highest BCUT2D eigenvalue weighted by Crippen LogP contribution is 2.34. The van der Waals surface area contributed by atoms with E-state index in [4.69, 9.17) is 4.74 Å². The van der Waals surface area contributed by atoms with E-state index in [1.165, 1.54) is 25.7 Å². The van der Waals surface area contributed by atoms with Crippen LogP contribution in [0.25, 0.3) is 0 Å². The number of ether oxygens (including phenoxy) is 1. The highest BCUT2D eigenvalue weighted by Gasteiger charge is 2.37. The number of carbonyl (C=O) groups is 2. The lowest BCUT2D eigenvalue weighted by molar-refractivity contribution is -0.131. The molecule has 1 saturated heterocycles. The van der Waals surface area contributed by atoms with Crippen LogP contribution in [0.1, 0.15) is 43.7 Å². The van der Waals surface area contributed by atoms with Gasteiger partial charge in [-0.15, -0.1) is 0 Å². The number of pyridine rings is 1. The van der Waals surface area contributed by atoms with Gasteiger partial charge in [-0.3, -0.25) is 14.6 Å². The Hall–Kier alpha value is -1.95. The SMILES string of the molecule is CNC(=O)COC[C@@H]1CN(C(=O)CC2CCCC2)C[C@H]1c1ccccn1. The molecule has 1 N–H and O–H groups in total. The largest absolute Gasteiger partial charge is 0.371 e. The predicted octanol–water partition coefficient (Wildman–Crippen LogP) is 1.97. The van der Waals surface area contributed by atoms with Gasteiger partial charge in [0.15, 0.2) is 0 Å². The van der Waals surface area contributed by atoms with Crippen molar-refractivity contribution < 1.29 is 14.3 Å². The molecule has 3 rings (SSSR count). The molecule has 1 aromatic heterocycles. The van der Waals surface area contributed by atoms with E-state index in [1.807, 2.05) is 23.1 Å². The Morgan fingerprint density at radius 2 is 2.08 bits per heavy atom. The second-order valence-corrected chi connectivity index (χ2v) is 7.46. The third kappa shape index (κ3) is 4.81. The molecule has 1 aliphatic carbocycles. The van der Waals surface area contributed by atoms with Gasteiger partial charge in [-0.25, -0.2) is 0 Å². The smallest absolute Gasteiger partial charge is 0.245 e. The molecule has 1 aromatic rings. The number of nitrogens with one attached hydrogen (secondary N) is 1. The Balaban J connectivity index is 1.62. The quantitative estimate of drug-likeness (QED) is 0.808. The summed E-state index contributed by atoms with van der Waals surface area (Å²) in [6, 6.07) is 5.90. The first-order valence-electron chi connectivity index (χ1n) is 9.64. The van der Waals surface area contributed by atoms with Crippen molar-refractivity contribution in [1.29, 1.82) is 0 Å². The fourth-order valence-electron chi connectivity index (χ4n) is 4.14. The maximum Gasteiger partial charge on any atom is 0.245 e. The van der Waals surface area contributed by atoms with Crippen molar-refractivity contribution in [1.82, 2.24) is 15.2 Å². The molecule has 6 nitrogen and oxygen atoms in total. The Morgan fingerprint density at radius 3 is 2.77 bits per heavy atom. The summed E-state index contributed by atoms with van der Waals surface area (Å²) in [5.41, 5.74) is 0.997. The average Bonchev–Trinajstić information content (AvgIpc) is 3.32. The zero-order chi connectivity index (χ0) is 18.4. The summed E-state index contributed by atoms with van der Waals surface area (Å²) < 4.78 is 5.61. The number of hydrogen-bond donors (Lipinski definition) is 1. The summed E-state index contributed by atoms with van der Waals surface area (Å²) >= 11 is 0. The van der Waals surface area contributed by atoms with E-state index < -0.39 is 0 Å². The molecule has 2 fully saturated rings. The van der Waals surface area contributed by atoms with Gasteiger partial charge in [-0.05, 0) is 30.9 Å². The van der Waals surface area contributed by atoms with Crippen LogP contribution in [0, 0.1) is 11.8 Å². The van der Waals surface area contributed by atoms with Crippen molar-refractivity contribution in [2.75, 3.05) is 33.4 Å². The Kier molecular flexibility index (Phi) is 6.61. The van der Waals surface area contributed by atoms with Gasteiger partial charge in [0, 0.05) is 50.3 Å². The summed E-state index contributed by atoms with van der Waals surface area (Å²) in [6.45, 7) is 1.89. The summed E-state index contributed by atoms with van der Waals surface area (Å²) in [6.07, 6.45) is 7.33. The van der Waals surface area contributed by atoms with E-state index in [-0.39, 0.29) is 30.3 Å². The number of carbonyl (C=O) groups excluding carboxylic acids is 2. The third-order valence-corrected chi connectivity index (χ3v) is 5.64. The lowest BCUT2D eigenvalue weighted by atomic mass is 9.93. The van der Waals surface area contributed by atoms with Gasteiger partial charge in [0.1, 0.15) is 6.61 Å². The number of hydrogen-bond acceptors (Lipinski definition) is 4. The van der Waals surface area contributed by atoms with Crippen LogP contribution in [0.4, 0.5) is 0 Å². The highest BCUT2D eigenvalue weighted by molar-refractivity contribution is 5.77. The second kappa shape index (κ2) is 9.12. The fraction of sp³-hybridized carbons (Fsp3) is 0.650. The maximum atomic E-state index is 12.8. The van der Waals surface area contributed by atoms with E-state index in [9.17, 15) is 9.59 Å². The molecule has 26 heavy (non-hydrogen) atoms. The van der Waals surface area contributed by atoms with Gasteiger partial charge in [0.05, 0.1) is 6.61 Å². The van der Waals surface area contributed by atoms with Gasteiger partial charge < -0.3 is 15.0 Å². The van der Waals surface area contributed by atoms with Crippen LogP contribution in [-0.2, 0) is 14.3 Å². The van der Waals surface area contributed by atoms with Crippen LogP contribution in [0.3, 0.4) is 0 Å². The molecule has 0 aromatic carbocycles.